The molecule has 3 aromatic rings. The summed E-state index contributed by atoms with van der Waals surface area (Å²) in [5.74, 6) is 1.51. The van der Waals surface area contributed by atoms with Crippen molar-refractivity contribution in [2.75, 3.05) is 19.0 Å². The van der Waals surface area contributed by atoms with Crippen molar-refractivity contribution in [3.05, 3.63) is 63.7 Å². The SMILES string of the molecule is COC(=O)C12C3C4C1C1C2C3C41C(=O)NCc1ccc2nc(C(=O)NCc3ccc4c(c3)NC(=O)CO4)[nH]c(=O)c2c1. The summed E-state index contributed by atoms with van der Waals surface area (Å²) in [6.07, 6.45) is 0. The van der Waals surface area contributed by atoms with Gasteiger partial charge in [0.15, 0.2) is 12.4 Å². The highest BCUT2D eigenvalue weighted by molar-refractivity contribution is 5.99. The number of carbonyl (C=O) groups excluding carboxylic acids is 4. The fourth-order valence-corrected chi connectivity index (χ4v) is 9.81. The predicted octanol–water partition coefficient (Wildman–Crippen LogP) is 0.711. The molecule has 2 heterocycles. The van der Waals surface area contributed by atoms with Crippen LogP contribution in [-0.4, -0.2) is 47.4 Å². The van der Waals surface area contributed by atoms with E-state index in [1.54, 1.807) is 36.4 Å². The number of aromatic amines is 1. The first-order valence-corrected chi connectivity index (χ1v) is 14.0. The third-order valence-corrected chi connectivity index (χ3v) is 11.1. The summed E-state index contributed by atoms with van der Waals surface area (Å²) in [4.78, 5) is 69.7. The van der Waals surface area contributed by atoms with Gasteiger partial charge in [0.05, 0.1) is 34.5 Å². The van der Waals surface area contributed by atoms with E-state index in [2.05, 4.69) is 25.9 Å². The van der Waals surface area contributed by atoms with Crippen LogP contribution in [-0.2, 0) is 32.2 Å². The van der Waals surface area contributed by atoms with Crippen molar-refractivity contribution in [3.8, 4) is 5.75 Å². The average molecular weight is 568 g/mol. The van der Waals surface area contributed by atoms with Crippen LogP contribution in [0.2, 0.25) is 0 Å². The second-order valence-corrected chi connectivity index (χ2v) is 12.3. The number of hydrogen-bond donors (Lipinski definition) is 4. The lowest BCUT2D eigenvalue weighted by atomic mass is 8.92. The smallest absolute Gasteiger partial charge is 0.312 e. The molecule has 10 rings (SSSR count). The quantitative estimate of drug-likeness (QED) is 0.303. The zero-order valence-corrected chi connectivity index (χ0v) is 22.4. The summed E-state index contributed by atoms with van der Waals surface area (Å²) >= 11 is 0. The number of anilines is 1. The van der Waals surface area contributed by atoms with E-state index < -0.39 is 11.5 Å². The summed E-state index contributed by atoms with van der Waals surface area (Å²) < 4.78 is 10.4. The lowest BCUT2D eigenvalue weighted by Gasteiger charge is -3.09. The maximum Gasteiger partial charge on any atom is 0.312 e. The number of carbonyl (C=O) groups is 4. The van der Waals surface area contributed by atoms with Gasteiger partial charge in [-0.25, -0.2) is 4.98 Å². The van der Waals surface area contributed by atoms with Gasteiger partial charge >= 0.3 is 5.97 Å². The normalized spacial score (nSPS) is 34.5. The second kappa shape index (κ2) is 7.55. The van der Waals surface area contributed by atoms with Gasteiger partial charge in [0.2, 0.25) is 5.91 Å². The Kier molecular flexibility index (Phi) is 4.30. The van der Waals surface area contributed by atoms with E-state index in [9.17, 15) is 24.0 Å². The Balaban J connectivity index is 0.853. The number of amides is 3. The van der Waals surface area contributed by atoms with Crippen molar-refractivity contribution >= 4 is 40.3 Å². The fraction of sp³-hybridized carbons (Fsp3) is 0.400. The van der Waals surface area contributed by atoms with Crippen LogP contribution in [0.15, 0.2) is 41.2 Å². The number of aromatic nitrogens is 2. The van der Waals surface area contributed by atoms with Crippen LogP contribution in [0.5, 0.6) is 5.75 Å². The topological polar surface area (TPSA) is 169 Å². The van der Waals surface area contributed by atoms with Crippen LogP contribution < -0.4 is 26.2 Å². The molecule has 12 nitrogen and oxygen atoms in total. The van der Waals surface area contributed by atoms with Crippen LogP contribution >= 0.6 is 0 Å². The van der Waals surface area contributed by atoms with Crippen LogP contribution in [0.1, 0.15) is 21.7 Å². The van der Waals surface area contributed by atoms with Gasteiger partial charge in [-0.2, -0.15) is 0 Å². The van der Waals surface area contributed by atoms with E-state index >= 15 is 0 Å². The number of hydrogen-bond acceptors (Lipinski definition) is 8. The molecule has 212 valence electrons. The molecule has 6 aliphatic carbocycles. The van der Waals surface area contributed by atoms with Gasteiger partial charge < -0.3 is 30.4 Å². The fourth-order valence-electron chi connectivity index (χ4n) is 9.81. The van der Waals surface area contributed by atoms with Gasteiger partial charge in [-0.05, 0) is 70.9 Å². The van der Waals surface area contributed by atoms with Gasteiger partial charge in [-0.1, -0.05) is 12.1 Å². The average Bonchev–Trinajstić information content (AvgIpc) is 3.01. The van der Waals surface area contributed by atoms with Crippen molar-refractivity contribution in [2.45, 2.75) is 13.1 Å². The molecule has 12 heteroatoms. The number of fused-ring (bicyclic) bond motifs is 2. The Morgan fingerprint density at radius 3 is 2.36 bits per heavy atom. The number of methoxy groups -OCH3 is 1. The zero-order valence-electron chi connectivity index (χ0n) is 22.4. The molecule has 1 aromatic heterocycles. The molecule has 7 aliphatic rings. The maximum atomic E-state index is 13.3. The predicted molar refractivity (Wildman–Crippen MR) is 144 cm³/mol. The lowest BCUT2D eigenvalue weighted by Crippen LogP contribution is -3.12. The number of nitrogens with one attached hydrogen (secondary N) is 4. The van der Waals surface area contributed by atoms with Crippen LogP contribution in [0.4, 0.5) is 5.69 Å². The van der Waals surface area contributed by atoms with Gasteiger partial charge in [0.1, 0.15) is 5.75 Å². The molecule has 4 N–H and O–H groups in total. The van der Waals surface area contributed by atoms with E-state index in [4.69, 9.17) is 9.47 Å². The number of rotatable bonds is 7. The molecule has 2 aromatic carbocycles. The van der Waals surface area contributed by atoms with Crippen molar-refractivity contribution < 1.29 is 28.7 Å². The van der Waals surface area contributed by atoms with E-state index in [1.807, 2.05) is 0 Å². The Bertz CT molecular complexity index is 1830. The standard InChI is InChI=1S/C30H25N5O7/c1-41-28(40)30-21-18-22(30)20-23(30)19(21)29(18,20)27(39)32-9-11-2-4-14-13(6-11)25(37)35-24(34-14)26(38)31-8-12-3-5-16-15(7-12)33-17(36)10-42-16/h2-7,18-23H,8-10H2,1H3,(H,31,38)(H,32,39)(H,33,36)(H,34,35,37). The van der Waals surface area contributed by atoms with Crippen molar-refractivity contribution in [1.82, 2.24) is 20.6 Å². The first-order valence-electron chi connectivity index (χ1n) is 14.0. The first kappa shape index (κ1) is 23.9. The number of benzene rings is 2. The molecule has 1 aliphatic heterocycles. The third kappa shape index (κ3) is 2.44. The van der Waals surface area contributed by atoms with Crippen LogP contribution in [0.25, 0.3) is 10.9 Å². The molecule has 6 fully saturated rings. The van der Waals surface area contributed by atoms with Gasteiger partial charge in [0.25, 0.3) is 17.4 Å². The van der Waals surface area contributed by atoms with Gasteiger partial charge in [-0.3, -0.25) is 24.0 Å². The summed E-state index contributed by atoms with van der Waals surface area (Å²) in [5.41, 5.74) is 1.36. The number of esters is 1. The van der Waals surface area contributed by atoms with Gasteiger partial charge in [-0.15, -0.1) is 0 Å². The van der Waals surface area contributed by atoms with E-state index in [-0.39, 0.29) is 54.1 Å². The Hall–Kier alpha value is -4.74. The van der Waals surface area contributed by atoms with Gasteiger partial charge in [0, 0.05) is 13.1 Å². The lowest BCUT2D eigenvalue weighted by molar-refractivity contribution is -0.626. The van der Waals surface area contributed by atoms with Crippen molar-refractivity contribution in [1.29, 1.82) is 0 Å². The van der Waals surface area contributed by atoms with E-state index in [1.165, 1.54) is 7.11 Å². The molecule has 0 unspecified atom stereocenters. The number of ether oxygens (including phenoxy) is 2. The minimum Gasteiger partial charge on any atom is -0.482 e. The largest absolute Gasteiger partial charge is 0.482 e. The Morgan fingerprint density at radius 1 is 0.952 bits per heavy atom. The van der Waals surface area contributed by atoms with Crippen LogP contribution in [0, 0.1) is 46.3 Å². The summed E-state index contributed by atoms with van der Waals surface area (Å²) in [6, 6.07) is 10.3. The maximum absolute atomic E-state index is 13.3. The molecule has 0 spiro atoms. The highest BCUT2D eigenvalue weighted by atomic mass is 16.5. The second-order valence-electron chi connectivity index (χ2n) is 12.3. The summed E-state index contributed by atoms with van der Waals surface area (Å²) in [7, 11) is 1.45. The van der Waals surface area contributed by atoms with Crippen LogP contribution in [0.3, 0.4) is 0 Å². The molecule has 6 saturated carbocycles. The Labute approximate surface area is 237 Å². The molecule has 0 atom stereocenters. The molecular weight excluding hydrogens is 542 g/mol. The molecule has 0 radical (unpaired) electrons. The number of H-pyrrole nitrogens is 1. The number of nitrogens with zero attached hydrogens (tertiary/aromatic N) is 1. The molecule has 0 saturated heterocycles. The molecular formula is C30H25N5O7. The molecule has 42 heavy (non-hydrogen) atoms. The van der Waals surface area contributed by atoms with E-state index in [0.29, 0.717) is 57.8 Å². The van der Waals surface area contributed by atoms with E-state index in [0.717, 1.165) is 11.1 Å². The Morgan fingerprint density at radius 2 is 1.62 bits per heavy atom. The molecule has 3 amide bonds. The summed E-state index contributed by atoms with van der Waals surface area (Å²) in [5, 5.41) is 8.85. The monoisotopic (exact) mass is 567 g/mol. The minimum absolute atomic E-state index is 0.0381. The third-order valence-electron chi connectivity index (χ3n) is 11.1. The highest BCUT2D eigenvalue weighted by Crippen LogP contribution is 3.10. The molecule has 0 bridgehead atoms. The highest BCUT2D eigenvalue weighted by Gasteiger charge is 3.13. The van der Waals surface area contributed by atoms with Crippen molar-refractivity contribution in [2.24, 2.45) is 46.3 Å². The summed E-state index contributed by atoms with van der Waals surface area (Å²) in [6.45, 7) is 0.390. The first-order chi connectivity index (χ1) is 20.3. The van der Waals surface area contributed by atoms with Crippen molar-refractivity contribution in [3.63, 3.8) is 0 Å². The zero-order chi connectivity index (χ0) is 28.7. The minimum atomic E-state index is -0.550.